The van der Waals surface area contributed by atoms with Gasteiger partial charge < -0.3 is 13.7 Å². The lowest BCUT2D eigenvalue weighted by Gasteiger charge is -2.19. The minimum atomic E-state index is -4.39. The molecule has 0 amide bonds. The maximum Gasteiger partial charge on any atom is 0.427 e. The molecule has 0 aliphatic rings. The molecule has 0 bridgehead atoms. The lowest BCUT2D eigenvalue weighted by molar-refractivity contribution is -0.134. The molecule has 0 aromatic carbocycles. The number of halogens is 3. The normalized spacial score (nSPS) is 11.8. The van der Waals surface area contributed by atoms with Crippen LogP contribution in [0.25, 0.3) is 0 Å². The van der Waals surface area contributed by atoms with Crippen LogP contribution in [0.4, 0.5) is 18.3 Å². The van der Waals surface area contributed by atoms with Crippen LogP contribution in [-0.4, -0.2) is 4.98 Å². The Labute approximate surface area is 127 Å². The van der Waals surface area contributed by atoms with E-state index in [0.29, 0.717) is 35.9 Å². The van der Waals surface area contributed by atoms with Crippen LogP contribution in [-0.2, 0) is 19.3 Å². The minimum absolute atomic E-state index is 0.264. The molecule has 0 unspecified atom stereocenters. The smallest absolute Gasteiger partial charge is 0.427 e. The van der Waals surface area contributed by atoms with Gasteiger partial charge in [0.15, 0.2) is 5.13 Å². The van der Waals surface area contributed by atoms with Crippen LogP contribution in [0, 0.1) is 0 Å². The minimum Gasteiger partial charge on any atom is -0.467 e. The maximum absolute atomic E-state index is 12.7. The van der Waals surface area contributed by atoms with Crippen LogP contribution in [0.5, 0.6) is 0 Å². The Hall–Kier alpha value is -2.22. The molecule has 3 heterocycles. The fraction of sp³-hybridized carbons (Fsp3) is 0.214. The average molecular weight is 328 g/mol. The second-order valence-electron chi connectivity index (χ2n) is 4.52. The Bertz CT molecular complexity index is 669. The molecule has 0 radical (unpaired) electrons. The summed E-state index contributed by atoms with van der Waals surface area (Å²) in [6.45, 7) is 0.608. The number of hydrogen-bond donors (Lipinski definition) is 0. The molecule has 0 aliphatic heterocycles. The van der Waals surface area contributed by atoms with E-state index in [0.717, 1.165) is 6.20 Å². The zero-order chi connectivity index (χ0) is 15.6. The van der Waals surface area contributed by atoms with Crippen molar-refractivity contribution in [2.24, 2.45) is 0 Å². The first-order chi connectivity index (χ1) is 10.5. The molecule has 0 atom stereocenters. The first-order valence-corrected chi connectivity index (χ1v) is 7.17. The molecule has 3 aromatic heterocycles. The highest BCUT2D eigenvalue weighted by atomic mass is 32.1. The van der Waals surface area contributed by atoms with E-state index >= 15 is 0 Å². The molecule has 22 heavy (non-hydrogen) atoms. The number of anilines is 1. The van der Waals surface area contributed by atoms with Gasteiger partial charge in [-0.2, -0.15) is 13.2 Å². The van der Waals surface area contributed by atoms with E-state index in [1.54, 1.807) is 29.2 Å². The fourth-order valence-corrected chi connectivity index (χ4v) is 2.70. The number of thiazole rings is 1. The largest absolute Gasteiger partial charge is 0.467 e. The Balaban J connectivity index is 1.85. The van der Waals surface area contributed by atoms with Crippen molar-refractivity contribution in [1.29, 1.82) is 0 Å². The first kappa shape index (κ1) is 14.7. The van der Waals surface area contributed by atoms with Crippen molar-refractivity contribution in [3.63, 3.8) is 0 Å². The summed E-state index contributed by atoms with van der Waals surface area (Å²) in [5.74, 6) is 1.27. The van der Waals surface area contributed by atoms with Crippen molar-refractivity contribution >= 4 is 16.5 Å². The maximum atomic E-state index is 12.7. The third kappa shape index (κ3) is 3.33. The molecule has 0 fully saturated rings. The van der Waals surface area contributed by atoms with Crippen LogP contribution < -0.4 is 4.90 Å². The summed E-state index contributed by atoms with van der Waals surface area (Å²) in [7, 11) is 0. The van der Waals surface area contributed by atoms with Gasteiger partial charge in [-0.15, -0.1) is 0 Å². The van der Waals surface area contributed by atoms with Gasteiger partial charge in [-0.1, -0.05) is 11.3 Å². The Morgan fingerprint density at radius 2 is 1.64 bits per heavy atom. The highest BCUT2D eigenvalue weighted by Crippen LogP contribution is 2.37. The Kier molecular flexibility index (Phi) is 3.93. The van der Waals surface area contributed by atoms with Gasteiger partial charge in [0.25, 0.3) is 0 Å². The molecule has 0 saturated heterocycles. The number of aromatic nitrogens is 1. The Morgan fingerprint density at radius 3 is 2.05 bits per heavy atom. The molecule has 116 valence electrons. The molecule has 0 saturated carbocycles. The summed E-state index contributed by atoms with van der Waals surface area (Å²) in [6, 6.07) is 6.97. The highest BCUT2D eigenvalue weighted by Gasteiger charge is 2.34. The first-order valence-electron chi connectivity index (χ1n) is 6.35. The monoisotopic (exact) mass is 328 g/mol. The van der Waals surface area contributed by atoms with Crippen LogP contribution in [0.15, 0.2) is 51.8 Å². The molecular weight excluding hydrogens is 317 g/mol. The third-order valence-corrected chi connectivity index (χ3v) is 4.00. The fourth-order valence-electron chi connectivity index (χ4n) is 1.91. The summed E-state index contributed by atoms with van der Waals surface area (Å²) in [4.78, 5) is 4.83. The standard InChI is InChI=1S/C14H11F3N2O2S/c15-14(16,17)12-7-18-13(22-12)19(8-10-3-1-5-20-10)9-11-4-2-6-21-11/h1-7H,8-9H2. The molecule has 8 heteroatoms. The van der Waals surface area contributed by atoms with Crippen molar-refractivity contribution in [2.75, 3.05) is 4.90 Å². The zero-order valence-electron chi connectivity index (χ0n) is 11.2. The average Bonchev–Trinajstić information content (AvgIpc) is 3.20. The second kappa shape index (κ2) is 5.88. The van der Waals surface area contributed by atoms with Gasteiger partial charge in [0, 0.05) is 0 Å². The van der Waals surface area contributed by atoms with Gasteiger partial charge in [-0.05, 0) is 24.3 Å². The highest BCUT2D eigenvalue weighted by molar-refractivity contribution is 7.15. The zero-order valence-corrected chi connectivity index (χ0v) is 12.0. The number of furan rings is 2. The summed E-state index contributed by atoms with van der Waals surface area (Å²) < 4.78 is 48.7. The van der Waals surface area contributed by atoms with Gasteiger partial charge >= 0.3 is 6.18 Å². The van der Waals surface area contributed by atoms with Gasteiger partial charge in [0.05, 0.1) is 31.8 Å². The quantitative estimate of drug-likeness (QED) is 0.689. The van der Waals surface area contributed by atoms with Crippen LogP contribution in [0.1, 0.15) is 16.4 Å². The summed E-state index contributed by atoms with van der Waals surface area (Å²) in [5.41, 5.74) is 0. The number of nitrogens with zero attached hydrogens (tertiary/aromatic N) is 2. The van der Waals surface area contributed by atoms with E-state index in [1.807, 2.05) is 0 Å². The van der Waals surface area contributed by atoms with Gasteiger partial charge in [0.1, 0.15) is 16.4 Å². The van der Waals surface area contributed by atoms with Crippen LogP contribution in [0.3, 0.4) is 0 Å². The van der Waals surface area contributed by atoms with Crippen molar-refractivity contribution in [1.82, 2.24) is 4.98 Å². The predicted molar refractivity (Wildman–Crippen MR) is 74.4 cm³/mol. The van der Waals surface area contributed by atoms with E-state index in [1.165, 1.54) is 12.5 Å². The topological polar surface area (TPSA) is 42.4 Å². The molecule has 4 nitrogen and oxygen atoms in total. The third-order valence-electron chi connectivity index (χ3n) is 2.90. The van der Waals surface area contributed by atoms with E-state index < -0.39 is 11.1 Å². The number of rotatable bonds is 5. The lowest BCUT2D eigenvalue weighted by atomic mass is 10.3. The van der Waals surface area contributed by atoms with Crippen LogP contribution >= 0.6 is 11.3 Å². The number of alkyl halides is 3. The van der Waals surface area contributed by atoms with Gasteiger partial charge in [-0.3, -0.25) is 0 Å². The van der Waals surface area contributed by atoms with Gasteiger partial charge in [0.2, 0.25) is 0 Å². The SMILES string of the molecule is FC(F)(F)c1cnc(N(Cc2ccco2)Cc2ccco2)s1. The van der Waals surface area contributed by atoms with Crippen molar-refractivity contribution in [3.05, 3.63) is 59.4 Å². The summed E-state index contributed by atoms with van der Waals surface area (Å²) in [5, 5.41) is 0.264. The molecule has 3 rings (SSSR count). The van der Waals surface area contributed by atoms with E-state index in [-0.39, 0.29) is 5.13 Å². The molecule has 0 spiro atoms. The summed E-state index contributed by atoms with van der Waals surface area (Å²) >= 11 is 0.598. The molecule has 0 aliphatic carbocycles. The lowest BCUT2D eigenvalue weighted by Crippen LogP contribution is -2.21. The summed E-state index contributed by atoms with van der Waals surface area (Å²) in [6.07, 6.45) is -0.513. The van der Waals surface area contributed by atoms with E-state index in [2.05, 4.69) is 4.98 Å². The Morgan fingerprint density at radius 1 is 1.05 bits per heavy atom. The van der Waals surface area contributed by atoms with Crippen molar-refractivity contribution in [3.8, 4) is 0 Å². The molecule has 3 aromatic rings. The van der Waals surface area contributed by atoms with Crippen LogP contribution in [0.2, 0.25) is 0 Å². The molecular formula is C14H11F3N2O2S. The number of hydrogen-bond acceptors (Lipinski definition) is 5. The second-order valence-corrected chi connectivity index (χ2v) is 5.53. The molecule has 0 N–H and O–H groups in total. The van der Waals surface area contributed by atoms with Gasteiger partial charge in [-0.25, -0.2) is 4.98 Å². The van der Waals surface area contributed by atoms with E-state index in [9.17, 15) is 13.2 Å². The van der Waals surface area contributed by atoms with Crippen molar-refractivity contribution in [2.45, 2.75) is 19.3 Å². The predicted octanol–water partition coefficient (Wildman–Crippen LogP) is 4.55. The van der Waals surface area contributed by atoms with Crippen molar-refractivity contribution < 1.29 is 22.0 Å². The van der Waals surface area contributed by atoms with E-state index in [4.69, 9.17) is 8.83 Å².